The Labute approximate surface area is 69.2 Å². The topological polar surface area (TPSA) is 0 Å². The van der Waals surface area contributed by atoms with Crippen molar-refractivity contribution in [2.24, 2.45) is 0 Å². The fraction of sp³-hybridized carbons (Fsp3) is 0. The maximum atomic E-state index is 5.62. The number of rotatable bonds is 0. The second-order valence-electron chi connectivity index (χ2n) is 1.58. The smallest absolute Gasteiger partial charge is 0.0591 e. The molecule has 9 heavy (non-hydrogen) atoms. The molecular formula is C6H3Cl2S-. The van der Waals surface area contributed by atoms with E-state index in [9.17, 15) is 0 Å². The lowest BCUT2D eigenvalue weighted by atomic mass is 10.4. The summed E-state index contributed by atoms with van der Waals surface area (Å²) in [4.78, 5) is 0.712. The highest BCUT2D eigenvalue weighted by Crippen LogP contribution is 2.21. The Morgan fingerprint density at radius 2 is 1.78 bits per heavy atom. The van der Waals surface area contributed by atoms with Crippen LogP contribution in [-0.4, -0.2) is 0 Å². The van der Waals surface area contributed by atoms with E-state index in [1.165, 1.54) is 0 Å². The molecule has 0 N–H and O–H groups in total. The lowest BCUT2D eigenvalue weighted by Gasteiger charge is -2.04. The van der Waals surface area contributed by atoms with Gasteiger partial charge >= 0.3 is 0 Å². The van der Waals surface area contributed by atoms with Gasteiger partial charge in [-0.25, -0.2) is 0 Å². The van der Waals surface area contributed by atoms with Crippen LogP contribution >= 0.6 is 23.2 Å². The zero-order valence-electron chi connectivity index (χ0n) is 4.40. The number of hydrogen-bond acceptors (Lipinski definition) is 1. The van der Waals surface area contributed by atoms with Gasteiger partial charge in [-0.15, -0.1) is 0 Å². The van der Waals surface area contributed by atoms with E-state index in [2.05, 4.69) is 0 Å². The molecule has 48 valence electrons. The van der Waals surface area contributed by atoms with E-state index in [-0.39, 0.29) is 0 Å². The molecule has 0 nitrogen and oxygen atoms in total. The van der Waals surface area contributed by atoms with Crippen molar-refractivity contribution in [3.8, 4) is 0 Å². The second-order valence-corrected chi connectivity index (χ2v) is 2.86. The van der Waals surface area contributed by atoms with Crippen LogP contribution in [0.1, 0.15) is 0 Å². The zero-order valence-corrected chi connectivity index (χ0v) is 6.72. The zero-order chi connectivity index (χ0) is 6.85. The molecule has 1 aromatic carbocycles. The maximum absolute atomic E-state index is 5.62. The minimum atomic E-state index is 0.518. The molecule has 0 aliphatic carbocycles. The van der Waals surface area contributed by atoms with Crippen molar-refractivity contribution < 1.29 is 0 Å². The average Bonchev–Trinajstić information content (AvgIpc) is 1.80. The predicted molar refractivity (Wildman–Crippen MR) is 42.1 cm³/mol. The molecule has 0 unspecified atom stereocenters. The van der Waals surface area contributed by atoms with E-state index >= 15 is 0 Å². The Morgan fingerprint density at radius 1 is 1.11 bits per heavy atom. The normalized spacial score (nSPS) is 9.56. The summed E-state index contributed by atoms with van der Waals surface area (Å²) in [5.74, 6) is 0. The van der Waals surface area contributed by atoms with Crippen molar-refractivity contribution in [3.63, 3.8) is 0 Å². The number of hydrogen-bond donors (Lipinski definition) is 0. The molecule has 0 heterocycles. The van der Waals surface area contributed by atoms with Gasteiger partial charge in [-0.2, -0.15) is 4.90 Å². The van der Waals surface area contributed by atoms with Crippen LogP contribution < -0.4 is 0 Å². The third-order valence-corrected chi connectivity index (χ3v) is 1.88. The lowest BCUT2D eigenvalue weighted by Crippen LogP contribution is -1.70. The van der Waals surface area contributed by atoms with Crippen molar-refractivity contribution in [2.45, 2.75) is 4.90 Å². The van der Waals surface area contributed by atoms with E-state index in [1.54, 1.807) is 18.2 Å². The molecule has 0 saturated carbocycles. The molecule has 3 heteroatoms. The molecule has 0 fully saturated rings. The van der Waals surface area contributed by atoms with Gasteiger partial charge in [-0.1, -0.05) is 35.3 Å². The quantitative estimate of drug-likeness (QED) is 0.550. The van der Waals surface area contributed by atoms with Gasteiger partial charge in [-0.05, 0) is 6.07 Å². The minimum absolute atomic E-state index is 0.518. The van der Waals surface area contributed by atoms with Gasteiger partial charge in [0.1, 0.15) is 0 Å². The van der Waals surface area contributed by atoms with Gasteiger partial charge in [0.25, 0.3) is 0 Å². The fourth-order valence-corrected chi connectivity index (χ4v) is 1.03. The summed E-state index contributed by atoms with van der Waals surface area (Å²) < 4.78 is 0. The van der Waals surface area contributed by atoms with Gasteiger partial charge in [0, 0.05) is 0 Å². The Hall–Kier alpha value is 0.0200. The maximum Gasteiger partial charge on any atom is 0.0591 e. The fourth-order valence-electron chi connectivity index (χ4n) is 0.477. The minimum Gasteiger partial charge on any atom is -0.780 e. The molecule has 1 rings (SSSR count). The Morgan fingerprint density at radius 3 is 2.22 bits per heavy atom. The average molecular weight is 178 g/mol. The first-order valence-corrected chi connectivity index (χ1v) is 3.48. The lowest BCUT2D eigenvalue weighted by molar-refractivity contribution is 1.48. The third kappa shape index (κ3) is 1.71. The van der Waals surface area contributed by atoms with Crippen molar-refractivity contribution in [3.05, 3.63) is 28.2 Å². The van der Waals surface area contributed by atoms with Crippen LogP contribution in [0.2, 0.25) is 10.0 Å². The van der Waals surface area contributed by atoms with Crippen LogP contribution in [-0.2, 0) is 12.6 Å². The van der Waals surface area contributed by atoms with E-state index in [4.69, 9.17) is 35.8 Å². The van der Waals surface area contributed by atoms with Gasteiger partial charge in [0.2, 0.25) is 0 Å². The molecule has 0 aromatic heterocycles. The summed E-state index contributed by atoms with van der Waals surface area (Å²) >= 11 is 16.0. The summed E-state index contributed by atoms with van der Waals surface area (Å²) in [6.07, 6.45) is 0. The summed E-state index contributed by atoms with van der Waals surface area (Å²) in [6.45, 7) is 0. The van der Waals surface area contributed by atoms with E-state index < -0.39 is 0 Å². The Bertz CT molecular complexity index is 222. The third-order valence-electron chi connectivity index (χ3n) is 0.891. The molecule has 0 bridgehead atoms. The van der Waals surface area contributed by atoms with Crippen LogP contribution in [0.3, 0.4) is 0 Å². The number of halogens is 2. The molecule has 0 aliphatic rings. The monoisotopic (exact) mass is 177 g/mol. The SMILES string of the molecule is [S-]c1ccc(Cl)c(Cl)c1. The highest BCUT2D eigenvalue weighted by atomic mass is 35.5. The van der Waals surface area contributed by atoms with Crippen molar-refractivity contribution in [1.29, 1.82) is 0 Å². The van der Waals surface area contributed by atoms with E-state index in [0.29, 0.717) is 14.9 Å². The standard InChI is InChI=1S/C6H4Cl2S/c7-5-2-1-4(9)3-6(5)8/h1-3,9H/p-1. The predicted octanol–water partition coefficient (Wildman–Crippen LogP) is 2.90. The summed E-state index contributed by atoms with van der Waals surface area (Å²) in [6, 6.07) is 5.08. The molecule has 0 radical (unpaired) electrons. The molecule has 0 spiro atoms. The van der Waals surface area contributed by atoms with Gasteiger partial charge < -0.3 is 12.6 Å². The highest BCUT2D eigenvalue weighted by molar-refractivity contribution is 7.58. The van der Waals surface area contributed by atoms with Crippen LogP contribution in [0.4, 0.5) is 0 Å². The number of benzene rings is 1. The van der Waals surface area contributed by atoms with Gasteiger partial charge in [0.15, 0.2) is 0 Å². The van der Waals surface area contributed by atoms with E-state index in [1.807, 2.05) is 0 Å². The Balaban J connectivity index is 3.17. The van der Waals surface area contributed by atoms with Gasteiger partial charge in [0.05, 0.1) is 10.0 Å². The summed E-state index contributed by atoms with van der Waals surface area (Å²) in [7, 11) is 0. The van der Waals surface area contributed by atoms with Crippen LogP contribution in [0, 0.1) is 0 Å². The van der Waals surface area contributed by atoms with Crippen molar-refractivity contribution >= 4 is 35.8 Å². The summed E-state index contributed by atoms with van der Waals surface area (Å²) in [5.41, 5.74) is 0. The molecule has 0 atom stereocenters. The van der Waals surface area contributed by atoms with Crippen molar-refractivity contribution in [2.75, 3.05) is 0 Å². The molecule has 0 amide bonds. The first-order chi connectivity index (χ1) is 4.20. The summed E-state index contributed by atoms with van der Waals surface area (Å²) in [5, 5.41) is 1.06. The van der Waals surface area contributed by atoms with Crippen LogP contribution in [0.5, 0.6) is 0 Å². The first kappa shape index (κ1) is 7.13. The highest BCUT2D eigenvalue weighted by Gasteiger charge is 1.90. The van der Waals surface area contributed by atoms with E-state index in [0.717, 1.165) is 0 Å². The van der Waals surface area contributed by atoms with Crippen LogP contribution in [0.25, 0.3) is 0 Å². The largest absolute Gasteiger partial charge is 0.780 e. The molecule has 0 saturated heterocycles. The van der Waals surface area contributed by atoms with Crippen molar-refractivity contribution in [1.82, 2.24) is 0 Å². The molecule has 0 aliphatic heterocycles. The second kappa shape index (κ2) is 2.74. The van der Waals surface area contributed by atoms with Crippen LogP contribution in [0.15, 0.2) is 23.1 Å². The molecule has 1 aromatic rings. The Kier molecular flexibility index (Phi) is 2.17. The first-order valence-electron chi connectivity index (χ1n) is 2.32. The molecular weight excluding hydrogens is 175 g/mol. The van der Waals surface area contributed by atoms with Gasteiger partial charge in [-0.3, -0.25) is 0 Å².